The predicted molar refractivity (Wildman–Crippen MR) is 189 cm³/mol. The van der Waals surface area contributed by atoms with Crippen LogP contribution in [-0.2, 0) is 39.8 Å². The van der Waals surface area contributed by atoms with Crippen molar-refractivity contribution in [2.75, 3.05) is 13.2 Å². The molecule has 0 radical (unpaired) electrons. The van der Waals surface area contributed by atoms with Gasteiger partial charge in [0.1, 0.15) is 6.61 Å². The molecule has 0 spiro atoms. The Bertz CT molecular complexity index is 1530. The molecule has 0 bridgehead atoms. The number of hydrogen-bond donors (Lipinski definition) is 1. The smallest absolute Gasteiger partial charge is 0.340 e. The van der Waals surface area contributed by atoms with E-state index in [1.165, 1.54) is 19.4 Å². The molecular formula is C40H44O8. The predicted octanol–water partition coefficient (Wildman–Crippen LogP) is 7.26. The van der Waals surface area contributed by atoms with Gasteiger partial charge in [0.2, 0.25) is 0 Å². The number of aliphatic hydroxyl groups excluding tert-OH is 1. The summed E-state index contributed by atoms with van der Waals surface area (Å²) in [6.45, 7) is 17.9. The van der Waals surface area contributed by atoms with Crippen molar-refractivity contribution >= 4 is 36.0 Å². The Balaban J connectivity index is 0.000000492. The van der Waals surface area contributed by atoms with E-state index < -0.39 is 36.6 Å². The molecule has 0 aliphatic heterocycles. The van der Waals surface area contributed by atoms with Crippen LogP contribution in [0.15, 0.2) is 140 Å². The highest BCUT2D eigenvalue weighted by Crippen LogP contribution is 2.11. The Morgan fingerprint density at radius 2 is 1.19 bits per heavy atom. The van der Waals surface area contributed by atoms with Crippen molar-refractivity contribution in [3.8, 4) is 0 Å². The fraction of sp³-hybridized carbons (Fsp3) is 0.200. The minimum Gasteiger partial charge on any atom is -0.458 e. The molecule has 3 aromatic carbocycles. The first-order valence-electron chi connectivity index (χ1n) is 15.1. The average Bonchev–Trinajstić information content (AvgIpc) is 3.10. The van der Waals surface area contributed by atoms with E-state index in [9.17, 15) is 24.3 Å². The van der Waals surface area contributed by atoms with Crippen LogP contribution in [0.25, 0.3) is 12.2 Å². The van der Waals surface area contributed by atoms with Crippen molar-refractivity contribution in [1.82, 2.24) is 0 Å². The van der Waals surface area contributed by atoms with E-state index in [0.29, 0.717) is 24.0 Å². The van der Waals surface area contributed by atoms with E-state index in [1.54, 1.807) is 13.0 Å². The van der Waals surface area contributed by atoms with Gasteiger partial charge < -0.3 is 19.3 Å². The van der Waals surface area contributed by atoms with Crippen LogP contribution < -0.4 is 0 Å². The second-order valence-electron chi connectivity index (χ2n) is 10.5. The zero-order valence-electron chi connectivity index (χ0n) is 27.9. The summed E-state index contributed by atoms with van der Waals surface area (Å²) in [5.41, 5.74) is 4.24. The van der Waals surface area contributed by atoms with Gasteiger partial charge in [0, 0.05) is 22.3 Å². The number of carbonyl (C=O) groups is 4. The molecule has 0 saturated heterocycles. The van der Waals surface area contributed by atoms with E-state index in [-0.39, 0.29) is 17.8 Å². The quantitative estimate of drug-likeness (QED) is 0.0888. The maximum absolute atomic E-state index is 12.2. The van der Waals surface area contributed by atoms with Crippen molar-refractivity contribution in [3.05, 3.63) is 156 Å². The number of benzene rings is 3. The third-order valence-electron chi connectivity index (χ3n) is 6.15. The number of aliphatic hydroxyl groups is 1. The first-order valence-corrected chi connectivity index (χ1v) is 15.1. The van der Waals surface area contributed by atoms with Crippen molar-refractivity contribution in [1.29, 1.82) is 0 Å². The second kappa shape index (κ2) is 22.8. The maximum Gasteiger partial charge on any atom is 0.340 e. The van der Waals surface area contributed by atoms with Gasteiger partial charge in [0.15, 0.2) is 6.10 Å². The van der Waals surface area contributed by atoms with Crippen LogP contribution in [0.3, 0.4) is 0 Å². The maximum atomic E-state index is 12.2. The molecule has 8 nitrogen and oxygen atoms in total. The SMILES string of the molecule is C=C(C)C(=O)OC(=O)C(=C)C.C=C(CCc1ccccc1)C(=O)OCC(CO)OC(=O)C(C)=Cc1ccccc1.C=Cc1ccccc1. The molecule has 0 fully saturated rings. The molecule has 1 unspecified atom stereocenters. The molecule has 252 valence electrons. The number of rotatable bonds is 13. The van der Waals surface area contributed by atoms with Crippen molar-refractivity contribution in [3.63, 3.8) is 0 Å². The van der Waals surface area contributed by atoms with Crippen LogP contribution in [-0.4, -0.2) is 48.3 Å². The lowest BCUT2D eigenvalue weighted by atomic mass is 10.1. The lowest BCUT2D eigenvalue weighted by Crippen LogP contribution is -2.29. The van der Waals surface area contributed by atoms with Crippen LogP contribution in [0.1, 0.15) is 43.9 Å². The molecule has 1 N–H and O–H groups in total. The second-order valence-corrected chi connectivity index (χ2v) is 10.5. The van der Waals surface area contributed by atoms with Crippen molar-refractivity contribution < 1.29 is 38.5 Å². The number of hydrogen-bond acceptors (Lipinski definition) is 8. The average molecular weight is 653 g/mol. The van der Waals surface area contributed by atoms with Crippen LogP contribution in [0, 0.1) is 0 Å². The van der Waals surface area contributed by atoms with Crippen LogP contribution >= 0.6 is 0 Å². The van der Waals surface area contributed by atoms with E-state index in [2.05, 4.69) is 31.1 Å². The summed E-state index contributed by atoms with van der Waals surface area (Å²) in [7, 11) is 0. The zero-order valence-corrected chi connectivity index (χ0v) is 27.9. The minimum absolute atomic E-state index is 0.194. The molecule has 0 heterocycles. The summed E-state index contributed by atoms with van der Waals surface area (Å²) in [5.74, 6) is -2.56. The number of carbonyl (C=O) groups excluding carboxylic acids is 4. The molecular weight excluding hydrogens is 608 g/mol. The largest absolute Gasteiger partial charge is 0.458 e. The lowest BCUT2D eigenvalue weighted by molar-refractivity contribution is -0.156. The molecule has 1 atom stereocenters. The molecule has 0 saturated carbocycles. The molecule has 0 aliphatic rings. The third-order valence-corrected chi connectivity index (χ3v) is 6.15. The van der Waals surface area contributed by atoms with Gasteiger partial charge in [-0.05, 0) is 56.4 Å². The van der Waals surface area contributed by atoms with E-state index in [1.807, 2.05) is 97.1 Å². The monoisotopic (exact) mass is 652 g/mol. The minimum atomic E-state index is -0.938. The highest BCUT2D eigenvalue weighted by atomic mass is 16.6. The molecule has 48 heavy (non-hydrogen) atoms. The van der Waals surface area contributed by atoms with Crippen molar-refractivity contribution in [2.45, 2.75) is 39.7 Å². The van der Waals surface area contributed by atoms with Gasteiger partial charge >= 0.3 is 23.9 Å². The fourth-order valence-electron chi connectivity index (χ4n) is 3.39. The molecule has 3 aromatic rings. The highest BCUT2D eigenvalue weighted by molar-refractivity contribution is 6.00. The van der Waals surface area contributed by atoms with Crippen LogP contribution in [0.4, 0.5) is 0 Å². The van der Waals surface area contributed by atoms with E-state index in [4.69, 9.17) is 9.47 Å². The number of aryl methyl sites for hydroxylation is 1. The summed E-state index contributed by atoms with van der Waals surface area (Å²) < 4.78 is 14.7. The van der Waals surface area contributed by atoms with E-state index >= 15 is 0 Å². The molecule has 0 aliphatic carbocycles. The van der Waals surface area contributed by atoms with Gasteiger partial charge in [-0.25, -0.2) is 19.2 Å². The summed E-state index contributed by atoms with van der Waals surface area (Å²) >= 11 is 0. The summed E-state index contributed by atoms with van der Waals surface area (Å²) in [6.07, 6.45) is 3.73. The normalized spacial score (nSPS) is 10.7. The van der Waals surface area contributed by atoms with E-state index in [0.717, 1.165) is 11.1 Å². The van der Waals surface area contributed by atoms with Gasteiger partial charge in [-0.3, -0.25) is 0 Å². The summed E-state index contributed by atoms with van der Waals surface area (Å²) in [4.78, 5) is 45.6. The molecule has 8 heteroatoms. The zero-order chi connectivity index (χ0) is 35.9. The lowest BCUT2D eigenvalue weighted by Gasteiger charge is -2.16. The van der Waals surface area contributed by atoms with Gasteiger partial charge in [0.05, 0.1) is 6.61 Å². The molecule has 0 amide bonds. The Morgan fingerprint density at radius 1 is 0.708 bits per heavy atom. The van der Waals surface area contributed by atoms with Gasteiger partial charge in [-0.15, -0.1) is 0 Å². The number of esters is 4. The number of ether oxygens (including phenoxy) is 3. The Labute approximate surface area is 283 Å². The van der Waals surface area contributed by atoms with Gasteiger partial charge in [-0.1, -0.05) is 123 Å². The molecule has 3 rings (SSSR count). The Kier molecular flexibility index (Phi) is 19.2. The van der Waals surface area contributed by atoms with Crippen LogP contribution in [0.5, 0.6) is 0 Å². The molecule has 0 aromatic heterocycles. The first-order chi connectivity index (χ1) is 22.9. The first kappa shape index (κ1) is 40.4. The Morgan fingerprint density at radius 3 is 1.62 bits per heavy atom. The fourth-order valence-corrected chi connectivity index (χ4v) is 3.39. The standard InChI is InChI=1S/C24H26O5.C8H10O3.C8H8/c1-18(13-14-20-9-5-3-6-10-20)23(26)28-17-22(16-25)29-24(27)19(2)15-21-11-7-4-8-12-21;1-5(2)7(9)11-8(10)6(3)4;1-2-8-6-4-3-5-7-8/h3-12,15,22,25H,1,13-14,16-17H2,2H3;1,3H2,2,4H3;2-7H,1H2. The van der Waals surface area contributed by atoms with Crippen molar-refractivity contribution in [2.24, 2.45) is 0 Å². The third kappa shape index (κ3) is 17.2. The van der Waals surface area contributed by atoms with Gasteiger partial charge in [0.25, 0.3) is 0 Å². The summed E-state index contributed by atoms with van der Waals surface area (Å²) in [5, 5.41) is 9.44. The topological polar surface area (TPSA) is 116 Å². The van der Waals surface area contributed by atoms with Crippen LogP contribution in [0.2, 0.25) is 0 Å². The van der Waals surface area contributed by atoms with Gasteiger partial charge in [-0.2, -0.15) is 0 Å². The Hall–Kier alpha value is -5.60. The summed E-state index contributed by atoms with van der Waals surface area (Å²) in [6, 6.07) is 29.1. The highest BCUT2D eigenvalue weighted by Gasteiger charge is 2.18.